The Hall–Kier alpha value is -4.15. The van der Waals surface area contributed by atoms with Crippen molar-refractivity contribution >= 4 is 11.6 Å². The van der Waals surface area contributed by atoms with Crippen LogP contribution in [0, 0.1) is 0 Å². The van der Waals surface area contributed by atoms with Crippen LogP contribution in [-0.4, -0.2) is 50.5 Å². The van der Waals surface area contributed by atoms with Gasteiger partial charge in [-0.25, -0.2) is 4.68 Å². The number of anilines is 1. The van der Waals surface area contributed by atoms with Crippen LogP contribution in [0.15, 0.2) is 61.1 Å². The SMILES string of the molecule is COc1cc(-c2cn(C3CCc4ccccc4N(CC(F)(F)F)C3=O)nn2)ccc1-c1cnn(C)c1. The van der Waals surface area contributed by atoms with E-state index in [1.165, 1.54) is 4.68 Å². The Morgan fingerprint density at radius 1 is 1.11 bits per heavy atom. The number of hydrogen-bond donors (Lipinski definition) is 0. The van der Waals surface area contributed by atoms with Crippen LogP contribution in [-0.2, 0) is 18.3 Å². The maximum atomic E-state index is 13.4. The molecular weight excluding hydrogens is 473 g/mol. The molecule has 0 saturated carbocycles. The number of nitrogens with zero attached hydrogens (tertiary/aromatic N) is 6. The molecule has 0 aliphatic carbocycles. The molecule has 0 N–H and O–H groups in total. The first-order chi connectivity index (χ1) is 17.2. The average molecular weight is 496 g/mol. The summed E-state index contributed by atoms with van der Waals surface area (Å²) in [6, 6.07) is 11.3. The second kappa shape index (κ2) is 9.14. The zero-order valence-corrected chi connectivity index (χ0v) is 19.6. The molecular formula is C25H23F3N6O2. The van der Waals surface area contributed by atoms with Crippen LogP contribution in [0.2, 0.25) is 0 Å². The minimum Gasteiger partial charge on any atom is -0.496 e. The summed E-state index contributed by atoms with van der Waals surface area (Å²) in [6.45, 7) is -1.37. The van der Waals surface area contributed by atoms with Crippen molar-refractivity contribution in [2.75, 3.05) is 18.6 Å². The van der Waals surface area contributed by atoms with Crippen LogP contribution in [0.25, 0.3) is 22.4 Å². The quantitative estimate of drug-likeness (QED) is 0.408. The van der Waals surface area contributed by atoms with Crippen molar-refractivity contribution in [2.24, 2.45) is 7.05 Å². The van der Waals surface area contributed by atoms with Gasteiger partial charge in [-0.15, -0.1) is 5.10 Å². The number of benzene rings is 2. The molecule has 1 aliphatic heterocycles. The van der Waals surface area contributed by atoms with Gasteiger partial charge in [0.25, 0.3) is 5.91 Å². The predicted octanol–water partition coefficient (Wildman–Crippen LogP) is 4.44. The van der Waals surface area contributed by atoms with Crippen molar-refractivity contribution < 1.29 is 22.7 Å². The maximum absolute atomic E-state index is 13.4. The van der Waals surface area contributed by atoms with Gasteiger partial charge in [0.05, 0.1) is 19.5 Å². The smallest absolute Gasteiger partial charge is 0.406 e. The number of methoxy groups -OCH3 is 1. The van der Waals surface area contributed by atoms with E-state index in [0.29, 0.717) is 35.4 Å². The third-order valence-electron chi connectivity index (χ3n) is 6.20. The van der Waals surface area contributed by atoms with E-state index >= 15 is 0 Å². The average Bonchev–Trinajstić information content (AvgIpc) is 3.49. The fraction of sp³-hybridized carbons (Fsp3) is 0.280. The predicted molar refractivity (Wildman–Crippen MR) is 126 cm³/mol. The van der Waals surface area contributed by atoms with Gasteiger partial charge in [0, 0.05) is 35.6 Å². The first-order valence-electron chi connectivity index (χ1n) is 11.3. The summed E-state index contributed by atoms with van der Waals surface area (Å²) in [4.78, 5) is 14.2. The van der Waals surface area contributed by atoms with Gasteiger partial charge in [-0.2, -0.15) is 18.3 Å². The van der Waals surface area contributed by atoms with Crippen molar-refractivity contribution in [3.05, 3.63) is 66.6 Å². The molecule has 186 valence electrons. The number of rotatable bonds is 5. The fourth-order valence-corrected chi connectivity index (χ4v) is 4.50. The molecule has 1 unspecified atom stereocenters. The van der Waals surface area contributed by atoms with E-state index < -0.39 is 24.7 Å². The number of carbonyl (C=O) groups excluding carboxylic acids is 1. The Bertz CT molecular complexity index is 1410. The highest BCUT2D eigenvalue weighted by Gasteiger charge is 2.39. The van der Waals surface area contributed by atoms with Crippen LogP contribution in [0.4, 0.5) is 18.9 Å². The van der Waals surface area contributed by atoms with Gasteiger partial charge in [0.1, 0.15) is 24.0 Å². The second-order valence-corrected chi connectivity index (χ2v) is 8.62. The first kappa shape index (κ1) is 23.6. The van der Waals surface area contributed by atoms with E-state index in [2.05, 4.69) is 15.4 Å². The highest BCUT2D eigenvalue weighted by atomic mass is 19.4. The lowest BCUT2D eigenvalue weighted by atomic mass is 10.0. The highest BCUT2D eigenvalue weighted by molar-refractivity contribution is 5.97. The molecule has 0 fully saturated rings. The van der Waals surface area contributed by atoms with Crippen LogP contribution < -0.4 is 9.64 Å². The van der Waals surface area contributed by atoms with E-state index in [-0.39, 0.29) is 5.69 Å². The summed E-state index contributed by atoms with van der Waals surface area (Å²) >= 11 is 0. The Morgan fingerprint density at radius 3 is 2.64 bits per heavy atom. The second-order valence-electron chi connectivity index (χ2n) is 8.62. The number of ether oxygens (including phenoxy) is 1. The Labute approximate surface area is 204 Å². The molecule has 2 aromatic heterocycles. The van der Waals surface area contributed by atoms with Crippen LogP contribution >= 0.6 is 0 Å². The van der Waals surface area contributed by atoms with E-state index in [9.17, 15) is 18.0 Å². The number of para-hydroxylation sites is 1. The van der Waals surface area contributed by atoms with Gasteiger partial charge < -0.3 is 9.64 Å². The highest BCUT2D eigenvalue weighted by Crippen LogP contribution is 2.36. The number of aromatic nitrogens is 5. The summed E-state index contributed by atoms with van der Waals surface area (Å²) in [6.07, 6.45) is 1.38. The molecule has 1 amide bonds. The Kier molecular flexibility index (Phi) is 5.99. The van der Waals surface area contributed by atoms with Crippen molar-refractivity contribution in [3.63, 3.8) is 0 Å². The molecule has 2 aromatic carbocycles. The van der Waals surface area contributed by atoms with Gasteiger partial charge in [0.15, 0.2) is 0 Å². The summed E-state index contributed by atoms with van der Waals surface area (Å²) in [7, 11) is 3.39. The first-order valence-corrected chi connectivity index (χ1v) is 11.3. The number of aryl methyl sites for hydroxylation is 2. The number of carbonyl (C=O) groups is 1. The molecule has 11 heteroatoms. The van der Waals surface area contributed by atoms with Gasteiger partial charge in [-0.05, 0) is 36.6 Å². The minimum absolute atomic E-state index is 0.276. The zero-order valence-electron chi connectivity index (χ0n) is 19.6. The molecule has 8 nitrogen and oxygen atoms in total. The minimum atomic E-state index is -4.54. The summed E-state index contributed by atoms with van der Waals surface area (Å²) in [5.41, 5.74) is 3.87. The van der Waals surface area contributed by atoms with Gasteiger partial charge >= 0.3 is 6.18 Å². The molecule has 0 saturated heterocycles. The number of hydrogen-bond acceptors (Lipinski definition) is 5. The number of amides is 1. The normalized spacial score (nSPS) is 16.1. The molecule has 5 rings (SSSR count). The Balaban J connectivity index is 1.46. The molecule has 0 radical (unpaired) electrons. The van der Waals surface area contributed by atoms with E-state index in [1.807, 2.05) is 25.4 Å². The number of halogens is 3. The molecule has 1 atom stereocenters. The lowest BCUT2D eigenvalue weighted by Crippen LogP contribution is -2.42. The zero-order chi connectivity index (χ0) is 25.4. The monoisotopic (exact) mass is 496 g/mol. The molecule has 1 aliphatic rings. The van der Waals surface area contributed by atoms with Crippen LogP contribution in [0.1, 0.15) is 18.0 Å². The largest absolute Gasteiger partial charge is 0.496 e. The molecule has 0 bridgehead atoms. The molecule has 0 spiro atoms. The van der Waals surface area contributed by atoms with E-state index in [1.54, 1.807) is 54.5 Å². The third kappa shape index (κ3) is 4.56. The lowest BCUT2D eigenvalue weighted by molar-refractivity contribution is -0.134. The van der Waals surface area contributed by atoms with Gasteiger partial charge in [0.2, 0.25) is 0 Å². The fourth-order valence-electron chi connectivity index (χ4n) is 4.50. The van der Waals surface area contributed by atoms with Crippen molar-refractivity contribution in [1.29, 1.82) is 0 Å². The number of alkyl halides is 3. The summed E-state index contributed by atoms with van der Waals surface area (Å²) in [5.74, 6) is -0.0642. The van der Waals surface area contributed by atoms with E-state index in [4.69, 9.17) is 4.74 Å². The maximum Gasteiger partial charge on any atom is 0.406 e. The van der Waals surface area contributed by atoms with Crippen molar-refractivity contribution in [1.82, 2.24) is 24.8 Å². The lowest BCUT2D eigenvalue weighted by Gasteiger charge is -2.26. The van der Waals surface area contributed by atoms with Gasteiger partial charge in [-0.3, -0.25) is 9.48 Å². The molecule has 4 aromatic rings. The standard InChI is InChI=1S/C25H23F3N6O2/c1-32-13-18(12-29-32)19-9-7-17(11-23(19)36-2)20-14-34(31-30-20)22-10-8-16-5-3-4-6-21(16)33(24(22)35)15-25(26,27)28/h3-7,9,11-14,22H,8,10,15H2,1-2H3. The van der Waals surface area contributed by atoms with Crippen molar-refractivity contribution in [2.45, 2.75) is 25.1 Å². The molecule has 36 heavy (non-hydrogen) atoms. The van der Waals surface area contributed by atoms with Crippen molar-refractivity contribution in [3.8, 4) is 28.1 Å². The van der Waals surface area contributed by atoms with Gasteiger partial charge in [-0.1, -0.05) is 29.5 Å². The number of fused-ring (bicyclic) bond motifs is 1. The topological polar surface area (TPSA) is 78.1 Å². The third-order valence-corrected chi connectivity index (χ3v) is 6.20. The summed E-state index contributed by atoms with van der Waals surface area (Å²) in [5, 5.41) is 12.5. The molecule has 3 heterocycles. The van der Waals surface area contributed by atoms with Crippen LogP contribution in [0.3, 0.4) is 0 Å². The summed E-state index contributed by atoms with van der Waals surface area (Å²) < 4.78 is 48.7. The van der Waals surface area contributed by atoms with E-state index in [0.717, 1.165) is 16.0 Å². The van der Waals surface area contributed by atoms with Crippen LogP contribution in [0.5, 0.6) is 5.75 Å². The Morgan fingerprint density at radius 2 is 1.92 bits per heavy atom.